The van der Waals surface area contributed by atoms with E-state index in [9.17, 15) is 19.5 Å². The number of nitrogens with two attached hydrogens (primary N) is 1. The van der Waals surface area contributed by atoms with Crippen LogP contribution in [-0.4, -0.2) is 58.1 Å². The standard InChI is InChI=1S/C15H14ClN3O5/c16-8-1-2-9-7(3-8)4-10(18-9)15(23)24-12-6-19(5-11(12)20)14(22)13(17)21/h1-4,11-12,18,20H,5-6H2,(H2,17,21)/t11-,12+/m1/s1. The Bertz CT molecular complexity index is 834. The third-order valence-corrected chi connectivity index (χ3v) is 4.03. The summed E-state index contributed by atoms with van der Waals surface area (Å²) >= 11 is 5.90. The highest BCUT2D eigenvalue weighted by Gasteiger charge is 2.38. The van der Waals surface area contributed by atoms with Gasteiger partial charge in [0.1, 0.15) is 17.9 Å². The number of primary amides is 1. The number of esters is 1. The first kappa shape index (κ1) is 16.3. The van der Waals surface area contributed by atoms with Gasteiger partial charge in [-0.15, -0.1) is 0 Å². The molecule has 9 heteroatoms. The Labute approximate surface area is 141 Å². The number of nitrogens with zero attached hydrogens (tertiary/aromatic N) is 1. The molecule has 0 spiro atoms. The minimum Gasteiger partial charge on any atom is -0.453 e. The number of nitrogens with one attached hydrogen (secondary N) is 1. The van der Waals surface area contributed by atoms with Gasteiger partial charge < -0.3 is 25.5 Å². The highest BCUT2D eigenvalue weighted by atomic mass is 35.5. The molecule has 0 radical (unpaired) electrons. The third kappa shape index (κ3) is 3.06. The minimum absolute atomic E-state index is 0.0965. The molecule has 0 bridgehead atoms. The fraction of sp³-hybridized carbons (Fsp3) is 0.267. The summed E-state index contributed by atoms with van der Waals surface area (Å²) < 4.78 is 5.23. The van der Waals surface area contributed by atoms with Crippen molar-refractivity contribution in [2.75, 3.05) is 13.1 Å². The van der Waals surface area contributed by atoms with Crippen molar-refractivity contribution in [3.05, 3.63) is 35.0 Å². The van der Waals surface area contributed by atoms with Crippen LogP contribution in [0.3, 0.4) is 0 Å². The number of rotatable bonds is 2. The monoisotopic (exact) mass is 351 g/mol. The van der Waals surface area contributed by atoms with E-state index in [2.05, 4.69) is 4.98 Å². The molecular weight excluding hydrogens is 338 g/mol. The number of amides is 2. The lowest BCUT2D eigenvalue weighted by Gasteiger charge is -2.14. The van der Waals surface area contributed by atoms with E-state index in [-0.39, 0.29) is 18.8 Å². The van der Waals surface area contributed by atoms with Crippen molar-refractivity contribution in [2.24, 2.45) is 5.73 Å². The Morgan fingerprint density at radius 3 is 2.75 bits per heavy atom. The number of fused-ring (bicyclic) bond motifs is 1. The summed E-state index contributed by atoms with van der Waals surface area (Å²) in [5.41, 5.74) is 5.82. The summed E-state index contributed by atoms with van der Waals surface area (Å²) in [6.07, 6.45) is -2.02. The number of carbonyl (C=O) groups excluding carboxylic acids is 3. The molecular formula is C15H14ClN3O5. The van der Waals surface area contributed by atoms with Gasteiger partial charge in [-0.05, 0) is 24.3 Å². The molecule has 1 aromatic carbocycles. The Morgan fingerprint density at radius 2 is 2.04 bits per heavy atom. The molecule has 0 unspecified atom stereocenters. The Kier molecular flexibility index (Phi) is 4.16. The molecule has 1 fully saturated rings. The average Bonchev–Trinajstić information content (AvgIpc) is 3.10. The maximum Gasteiger partial charge on any atom is 0.355 e. The van der Waals surface area contributed by atoms with Gasteiger partial charge in [0.15, 0.2) is 0 Å². The van der Waals surface area contributed by atoms with Crippen molar-refractivity contribution in [1.29, 1.82) is 0 Å². The highest BCUT2D eigenvalue weighted by molar-refractivity contribution is 6.34. The zero-order valence-corrected chi connectivity index (χ0v) is 13.1. The number of halogens is 1. The van der Waals surface area contributed by atoms with Crippen molar-refractivity contribution < 1.29 is 24.2 Å². The first-order valence-corrected chi connectivity index (χ1v) is 7.49. The number of ether oxygens (including phenoxy) is 1. The van der Waals surface area contributed by atoms with Gasteiger partial charge in [0.2, 0.25) is 0 Å². The van der Waals surface area contributed by atoms with E-state index in [0.29, 0.717) is 10.5 Å². The normalized spacial score (nSPS) is 20.3. The van der Waals surface area contributed by atoms with E-state index >= 15 is 0 Å². The topological polar surface area (TPSA) is 126 Å². The molecule has 4 N–H and O–H groups in total. The molecule has 0 saturated carbocycles. The minimum atomic E-state index is -1.12. The zero-order valence-electron chi connectivity index (χ0n) is 12.4. The van der Waals surface area contributed by atoms with E-state index in [0.717, 1.165) is 10.3 Å². The maximum atomic E-state index is 12.2. The van der Waals surface area contributed by atoms with Crippen molar-refractivity contribution >= 4 is 40.3 Å². The summed E-state index contributed by atoms with van der Waals surface area (Å²) in [5, 5.41) is 11.2. The SMILES string of the molecule is NC(=O)C(=O)N1C[C@@H](O)[C@@H](OC(=O)c2cc3cc(Cl)ccc3[nH]2)C1. The fourth-order valence-corrected chi connectivity index (χ4v) is 2.79. The molecule has 126 valence electrons. The van der Waals surface area contributed by atoms with Gasteiger partial charge >= 0.3 is 17.8 Å². The number of aliphatic hydroxyl groups excluding tert-OH is 1. The lowest BCUT2D eigenvalue weighted by molar-refractivity contribution is -0.143. The van der Waals surface area contributed by atoms with Crippen LogP contribution in [-0.2, 0) is 14.3 Å². The van der Waals surface area contributed by atoms with Crippen LogP contribution >= 0.6 is 11.6 Å². The molecule has 24 heavy (non-hydrogen) atoms. The van der Waals surface area contributed by atoms with Gasteiger partial charge in [-0.25, -0.2) is 4.79 Å². The summed E-state index contributed by atoms with van der Waals surface area (Å²) in [7, 11) is 0. The number of aromatic amines is 1. The third-order valence-electron chi connectivity index (χ3n) is 3.80. The number of hydrogen-bond acceptors (Lipinski definition) is 5. The zero-order chi connectivity index (χ0) is 17.4. The molecule has 2 atom stereocenters. The Hall–Kier alpha value is -2.58. The smallest absolute Gasteiger partial charge is 0.355 e. The molecule has 1 saturated heterocycles. The van der Waals surface area contributed by atoms with Crippen LogP contribution in [0.1, 0.15) is 10.5 Å². The predicted octanol–water partition coefficient (Wildman–Crippen LogP) is 0.0351. The largest absolute Gasteiger partial charge is 0.453 e. The van der Waals surface area contributed by atoms with Crippen LogP contribution < -0.4 is 5.73 Å². The lowest BCUT2D eigenvalue weighted by Crippen LogP contribution is -2.39. The van der Waals surface area contributed by atoms with Gasteiger partial charge in [0, 0.05) is 15.9 Å². The van der Waals surface area contributed by atoms with Gasteiger partial charge in [-0.2, -0.15) is 0 Å². The summed E-state index contributed by atoms with van der Waals surface area (Å²) in [6.45, 7) is -0.219. The molecule has 1 aromatic heterocycles. The number of aliphatic hydroxyl groups is 1. The number of aromatic nitrogens is 1. The second-order valence-corrected chi connectivity index (χ2v) is 5.94. The molecule has 2 heterocycles. The number of benzene rings is 1. The van der Waals surface area contributed by atoms with Crippen LogP contribution in [0, 0.1) is 0 Å². The van der Waals surface area contributed by atoms with E-state index in [1.165, 1.54) is 0 Å². The van der Waals surface area contributed by atoms with Gasteiger partial charge in [0.25, 0.3) is 0 Å². The number of H-pyrrole nitrogens is 1. The van der Waals surface area contributed by atoms with E-state index in [4.69, 9.17) is 22.1 Å². The number of β-amino-alcohol motifs (C(OH)–C–C–N with tert-alkyl or cyclic N) is 1. The van der Waals surface area contributed by atoms with Crippen LogP contribution in [0.15, 0.2) is 24.3 Å². The molecule has 8 nitrogen and oxygen atoms in total. The van der Waals surface area contributed by atoms with E-state index < -0.39 is 30.0 Å². The van der Waals surface area contributed by atoms with Gasteiger partial charge in [-0.3, -0.25) is 9.59 Å². The van der Waals surface area contributed by atoms with Crippen LogP contribution in [0.25, 0.3) is 10.9 Å². The number of likely N-dealkylation sites (tertiary alicyclic amines) is 1. The number of hydrogen-bond donors (Lipinski definition) is 3. The fourth-order valence-electron chi connectivity index (χ4n) is 2.61. The molecule has 0 aliphatic carbocycles. The average molecular weight is 352 g/mol. The van der Waals surface area contributed by atoms with Gasteiger partial charge in [0.05, 0.1) is 13.1 Å². The first-order chi connectivity index (χ1) is 11.3. The Balaban J connectivity index is 1.72. The van der Waals surface area contributed by atoms with E-state index in [1.54, 1.807) is 24.3 Å². The number of carbonyl (C=O) groups is 3. The van der Waals surface area contributed by atoms with Crippen molar-refractivity contribution in [1.82, 2.24) is 9.88 Å². The van der Waals surface area contributed by atoms with Crippen molar-refractivity contribution in [3.8, 4) is 0 Å². The van der Waals surface area contributed by atoms with Crippen molar-refractivity contribution in [2.45, 2.75) is 12.2 Å². The van der Waals surface area contributed by atoms with Gasteiger partial charge in [-0.1, -0.05) is 11.6 Å². The second kappa shape index (κ2) is 6.14. The summed E-state index contributed by atoms with van der Waals surface area (Å²) in [4.78, 5) is 38.6. The molecule has 1 aliphatic heterocycles. The maximum absolute atomic E-state index is 12.2. The van der Waals surface area contributed by atoms with E-state index in [1.807, 2.05) is 0 Å². The highest BCUT2D eigenvalue weighted by Crippen LogP contribution is 2.22. The molecule has 2 amide bonds. The predicted molar refractivity (Wildman–Crippen MR) is 84.3 cm³/mol. The van der Waals surface area contributed by atoms with Crippen LogP contribution in [0.5, 0.6) is 0 Å². The van der Waals surface area contributed by atoms with Crippen LogP contribution in [0.2, 0.25) is 5.02 Å². The quantitative estimate of drug-likeness (QED) is 0.520. The molecule has 1 aliphatic rings. The van der Waals surface area contributed by atoms with Crippen molar-refractivity contribution in [3.63, 3.8) is 0 Å². The molecule has 2 aromatic rings. The first-order valence-electron chi connectivity index (χ1n) is 7.11. The Morgan fingerprint density at radius 1 is 1.29 bits per heavy atom. The summed E-state index contributed by atoms with van der Waals surface area (Å²) in [6, 6.07) is 6.69. The second-order valence-electron chi connectivity index (χ2n) is 5.50. The molecule has 3 rings (SSSR count). The van der Waals surface area contributed by atoms with Crippen LogP contribution in [0.4, 0.5) is 0 Å². The lowest BCUT2D eigenvalue weighted by atomic mass is 10.2. The summed E-state index contributed by atoms with van der Waals surface area (Å²) in [5.74, 6) is -2.73.